The lowest BCUT2D eigenvalue weighted by molar-refractivity contribution is 0.105. The predicted molar refractivity (Wildman–Crippen MR) is 86.9 cm³/mol. The second-order valence-electron chi connectivity index (χ2n) is 5.03. The second kappa shape index (κ2) is 4.93. The van der Waals surface area contributed by atoms with Gasteiger partial charge in [0.2, 0.25) is 0 Å². The first-order valence-corrected chi connectivity index (χ1v) is 7.70. The fourth-order valence-electron chi connectivity index (χ4n) is 2.78. The number of Topliss-reactive ketones (excluding diaryl/α,β-unsaturated/α-hetero) is 1. The quantitative estimate of drug-likeness (QED) is 0.778. The maximum atomic E-state index is 12.9. The number of thiophene rings is 1. The van der Waals surface area contributed by atoms with E-state index in [-0.39, 0.29) is 11.5 Å². The van der Waals surface area contributed by atoms with Gasteiger partial charge < -0.3 is 5.11 Å². The number of phenolic OH excluding ortho intramolecular Hbond substituents is 1. The molecule has 0 aliphatic heterocycles. The van der Waals surface area contributed by atoms with Crippen LogP contribution < -0.4 is 0 Å². The fraction of sp³-hybridized carbons (Fsp3) is 0. The number of carbonyl (C=O) groups is 1. The van der Waals surface area contributed by atoms with Gasteiger partial charge in [0, 0.05) is 39.5 Å². The van der Waals surface area contributed by atoms with Gasteiger partial charge in [0.1, 0.15) is 5.75 Å². The Kier molecular flexibility index (Phi) is 2.91. The summed E-state index contributed by atoms with van der Waals surface area (Å²) in [7, 11) is 0. The molecule has 2 aromatic heterocycles. The third-order valence-corrected chi connectivity index (χ3v) is 4.60. The number of benzene rings is 1. The third kappa shape index (κ3) is 1.89. The zero-order valence-corrected chi connectivity index (χ0v) is 12.3. The van der Waals surface area contributed by atoms with E-state index in [1.165, 1.54) is 6.07 Å². The molecule has 0 saturated carbocycles. The summed E-state index contributed by atoms with van der Waals surface area (Å²) in [6, 6.07) is 12.6. The van der Waals surface area contributed by atoms with E-state index in [0.29, 0.717) is 11.1 Å². The van der Waals surface area contributed by atoms with Gasteiger partial charge in [-0.3, -0.25) is 9.78 Å². The third-order valence-electron chi connectivity index (χ3n) is 3.71. The number of aromatic hydroxyl groups is 1. The van der Waals surface area contributed by atoms with Gasteiger partial charge in [0.15, 0.2) is 5.78 Å². The summed E-state index contributed by atoms with van der Waals surface area (Å²) in [5.41, 5.74) is 3.78. The first-order valence-electron chi connectivity index (χ1n) is 6.82. The summed E-state index contributed by atoms with van der Waals surface area (Å²) < 4.78 is 0. The molecule has 0 radical (unpaired) electrons. The number of carbonyl (C=O) groups excluding carboxylic acids is 1. The summed E-state index contributed by atoms with van der Waals surface area (Å²) in [6.45, 7) is 0. The molecular formula is C18H11NO2S. The van der Waals surface area contributed by atoms with Crippen molar-refractivity contribution in [2.45, 2.75) is 0 Å². The van der Waals surface area contributed by atoms with Crippen molar-refractivity contribution in [2.75, 3.05) is 0 Å². The number of ketones is 1. The monoisotopic (exact) mass is 305 g/mol. The molecule has 3 aromatic rings. The average molecular weight is 305 g/mol. The highest BCUT2D eigenvalue weighted by atomic mass is 32.1. The van der Waals surface area contributed by atoms with Gasteiger partial charge in [0.25, 0.3) is 0 Å². The van der Waals surface area contributed by atoms with E-state index in [4.69, 9.17) is 0 Å². The van der Waals surface area contributed by atoms with Crippen molar-refractivity contribution in [1.29, 1.82) is 0 Å². The number of allylic oxidation sites excluding steroid dienone is 1. The number of hydrogen-bond acceptors (Lipinski definition) is 4. The Hall–Kier alpha value is -2.72. The smallest absolute Gasteiger partial charge is 0.195 e. The van der Waals surface area contributed by atoms with Crippen LogP contribution in [0.5, 0.6) is 5.75 Å². The number of pyridine rings is 1. The molecular weight excluding hydrogens is 294 g/mol. The first-order chi connectivity index (χ1) is 10.8. The minimum absolute atomic E-state index is 0.0673. The molecule has 4 rings (SSSR count). The first kappa shape index (κ1) is 13.0. The van der Waals surface area contributed by atoms with Gasteiger partial charge in [-0.15, -0.1) is 11.3 Å². The van der Waals surface area contributed by atoms with E-state index >= 15 is 0 Å². The van der Waals surface area contributed by atoms with Crippen LogP contribution in [0, 0.1) is 0 Å². The lowest BCUT2D eigenvalue weighted by Crippen LogP contribution is -1.98. The summed E-state index contributed by atoms with van der Waals surface area (Å²) in [5.74, 6) is 0.0346. The normalized spacial score (nSPS) is 13.5. The standard InChI is InChI=1S/C18H11NO2S/c20-12-5-6-13-14(9-12)18(21)16(11-3-1-7-19-10-11)17(13)15-4-2-8-22-15/h1-10,20H. The maximum absolute atomic E-state index is 12.9. The van der Waals surface area contributed by atoms with E-state index < -0.39 is 0 Å². The predicted octanol–water partition coefficient (Wildman–Crippen LogP) is 4.00. The summed E-state index contributed by atoms with van der Waals surface area (Å²) in [5, 5.41) is 11.7. The summed E-state index contributed by atoms with van der Waals surface area (Å²) in [6.07, 6.45) is 3.39. The van der Waals surface area contributed by atoms with Gasteiger partial charge >= 0.3 is 0 Å². The molecule has 22 heavy (non-hydrogen) atoms. The number of phenols is 1. The molecule has 0 saturated heterocycles. The molecule has 0 unspecified atom stereocenters. The largest absolute Gasteiger partial charge is 0.508 e. The molecule has 0 atom stereocenters. The van der Waals surface area contributed by atoms with Crippen LogP contribution >= 0.6 is 11.3 Å². The molecule has 0 spiro atoms. The highest BCUT2D eigenvalue weighted by molar-refractivity contribution is 7.11. The zero-order valence-electron chi connectivity index (χ0n) is 11.5. The topological polar surface area (TPSA) is 50.2 Å². The number of nitrogens with zero attached hydrogens (tertiary/aromatic N) is 1. The Morgan fingerprint density at radius 3 is 2.64 bits per heavy atom. The van der Waals surface area contributed by atoms with Crippen molar-refractivity contribution >= 4 is 28.3 Å². The molecule has 4 heteroatoms. The average Bonchev–Trinajstić information content (AvgIpc) is 3.15. The molecule has 0 bridgehead atoms. The van der Waals surface area contributed by atoms with Crippen molar-refractivity contribution in [2.24, 2.45) is 0 Å². The molecule has 0 fully saturated rings. The van der Waals surface area contributed by atoms with Crippen LogP contribution in [0.15, 0.2) is 60.2 Å². The minimum atomic E-state index is -0.0673. The highest BCUT2D eigenvalue weighted by Crippen LogP contribution is 2.44. The number of fused-ring (bicyclic) bond motifs is 1. The Morgan fingerprint density at radius 1 is 1.00 bits per heavy atom. The van der Waals surface area contributed by atoms with Gasteiger partial charge in [-0.25, -0.2) is 0 Å². The lowest BCUT2D eigenvalue weighted by Gasteiger charge is -2.05. The number of aromatic nitrogens is 1. The van der Waals surface area contributed by atoms with Crippen LogP contribution in [0.4, 0.5) is 0 Å². The Labute approximate surface area is 131 Å². The molecule has 2 heterocycles. The van der Waals surface area contributed by atoms with E-state index in [2.05, 4.69) is 4.98 Å². The number of rotatable bonds is 2. The molecule has 1 aliphatic rings. The van der Waals surface area contributed by atoms with E-state index in [9.17, 15) is 9.90 Å². The lowest BCUT2D eigenvalue weighted by atomic mass is 10.0. The van der Waals surface area contributed by atoms with Crippen molar-refractivity contribution in [3.63, 3.8) is 0 Å². The van der Waals surface area contributed by atoms with Gasteiger partial charge in [-0.2, -0.15) is 0 Å². The van der Waals surface area contributed by atoms with Crippen LogP contribution in [0.2, 0.25) is 0 Å². The van der Waals surface area contributed by atoms with Crippen LogP contribution in [-0.2, 0) is 0 Å². The van der Waals surface area contributed by atoms with Gasteiger partial charge in [-0.05, 0) is 41.3 Å². The molecule has 1 aliphatic carbocycles. The fourth-order valence-corrected chi connectivity index (χ4v) is 3.57. The van der Waals surface area contributed by atoms with Crippen molar-refractivity contribution in [1.82, 2.24) is 4.98 Å². The molecule has 106 valence electrons. The minimum Gasteiger partial charge on any atom is -0.508 e. The van der Waals surface area contributed by atoms with Crippen molar-refractivity contribution in [3.05, 3.63) is 81.8 Å². The van der Waals surface area contributed by atoms with Crippen LogP contribution in [0.1, 0.15) is 26.4 Å². The van der Waals surface area contributed by atoms with Crippen molar-refractivity contribution in [3.8, 4) is 5.75 Å². The van der Waals surface area contributed by atoms with E-state index in [0.717, 1.165) is 21.6 Å². The molecule has 0 amide bonds. The summed E-state index contributed by atoms with van der Waals surface area (Å²) >= 11 is 1.60. The van der Waals surface area contributed by atoms with Crippen LogP contribution in [0.3, 0.4) is 0 Å². The Morgan fingerprint density at radius 2 is 1.91 bits per heavy atom. The van der Waals surface area contributed by atoms with Crippen molar-refractivity contribution < 1.29 is 9.90 Å². The van der Waals surface area contributed by atoms with E-state index in [1.807, 2.05) is 29.6 Å². The Bertz CT molecular complexity index is 896. The number of hydrogen-bond donors (Lipinski definition) is 1. The SMILES string of the molecule is O=C1C(c2cccnc2)=C(c2cccs2)c2ccc(O)cc21. The summed E-state index contributed by atoms with van der Waals surface area (Å²) in [4.78, 5) is 18.0. The maximum Gasteiger partial charge on any atom is 0.195 e. The van der Waals surface area contributed by atoms with E-state index in [1.54, 1.807) is 35.9 Å². The highest BCUT2D eigenvalue weighted by Gasteiger charge is 2.32. The van der Waals surface area contributed by atoms with Gasteiger partial charge in [-0.1, -0.05) is 12.1 Å². The molecule has 1 N–H and O–H groups in total. The van der Waals surface area contributed by atoms with Gasteiger partial charge in [0.05, 0.1) is 0 Å². The molecule has 3 nitrogen and oxygen atoms in total. The molecule has 1 aromatic carbocycles. The van der Waals surface area contributed by atoms with Crippen LogP contribution in [0.25, 0.3) is 11.1 Å². The Balaban J connectivity index is 2.04. The van der Waals surface area contributed by atoms with Crippen LogP contribution in [-0.4, -0.2) is 15.9 Å². The second-order valence-corrected chi connectivity index (χ2v) is 5.98. The zero-order chi connectivity index (χ0) is 15.1.